The van der Waals surface area contributed by atoms with Crippen molar-refractivity contribution in [3.8, 4) is 5.88 Å². The molecule has 0 spiro atoms. The summed E-state index contributed by atoms with van der Waals surface area (Å²) in [6.45, 7) is 2.06. The molecule has 54 valence electrons. The molecule has 0 N–H and O–H groups in total. The fraction of sp³-hybridized carbons (Fsp3) is 0.429. The van der Waals surface area contributed by atoms with E-state index in [0.717, 1.165) is 12.0 Å². The smallest absolute Gasteiger partial charge is 0.236 e. The quantitative estimate of drug-likeness (QED) is 0.612. The van der Waals surface area contributed by atoms with Crippen molar-refractivity contribution in [1.82, 2.24) is 10.2 Å². The lowest BCUT2D eigenvalue weighted by molar-refractivity contribution is 0.387. The Balaban J connectivity index is 2.96. The normalized spacial score (nSPS) is 9.40. The van der Waals surface area contributed by atoms with Gasteiger partial charge in [-0.25, -0.2) is 0 Å². The van der Waals surface area contributed by atoms with Crippen molar-refractivity contribution in [3.05, 3.63) is 17.8 Å². The average Bonchev–Trinajstić information content (AvgIpc) is 2.04. The Labute approximate surface area is 60.0 Å². The molecular formula is C7H10N2O. The number of rotatable bonds is 2. The van der Waals surface area contributed by atoms with Crippen molar-refractivity contribution in [2.45, 2.75) is 13.3 Å². The summed E-state index contributed by atoms with van der Waals surface area (Å²) >= 11 is 0. The van der Waals surface area contributed by atoms with Gasteiger partial charge in [-0.2, -0.15) is 5.10 Å². The third kappa shape index (κ3) is 1.23. The van der Waals surface area contributed by atoms with E-state index in [1.807, 2.05) is 6.07 Å². The Kier molecular flexibility index (Phi) is 2.20. The third-order valence-corrected chi connectivity index (χ3v) is 1.34. The van der Waals surface area contributed by atoms with E-state index >= 15 is 0 Å². The van der Waals surface area contributed by atoms with Crippen LogP contribution in [0.2, 0.25) is 0 Å². The van der Waals surface area contributed by atoms with Gasteiger partial charge < -0.3 is 4.74 Å². The summed E-state index contributed by atoms with van der Waals surface area (Å²) < 4.78 is 4.96. The Bertz CT molecular complexity index is 190. The standard InChI is InChI=1S/C7H10N2O/c1-3-6-4-5-8-9-7(6)10-2/h4-5H,3H2,1-2H3. The predicted octanol–water partition coefficient (Wildman–Crippen LogP) is 1.05. The first kappa shape index (κ1) is 6.99. The van der Waals surface area contributed by atoms with Crippen LogP contribution in [0.25, 0.3) is 0 Å². The van der Waals surface area contributed by atoms with Crippen molar-refractivity contribution < 1.29 is 4.74 Å². The molecule has 1 aromatic rings. The van der Waals surface area contributed by atoms with Gasteiger partial charge in [0, 0.05) is 5.56 Å². The first-order chi connectivity index (χ1) is 4.88. The zero-order valence-electron chi connectivity index (χ0n) is 6.16. The van der Waals surface area contributed by atoms with E-state index in [2.05, 4.69) is 17.1 Å². The Hall–Kier alpha value is -1.12. The average molecular weight is 138 g/mol. The van der Waals surface area contributed by atoms with E-state index in [9.17, 15) is 0 Å². The number of nitrogens with zero attached hydrogens (tertiary/aromatic N) is 2. The first-order valence-corrected chi connectivity index (χ1v) is 3.23. The van der Waals surface area contributed by atoms with Crippen molar-refractivity contribution >= 4 is 0 Å². The van der Waals surface area contributed by atoms with Crippen molar-refractivity contribution in [3.63, 3.8) is 0 Å². The molecule has 1 rings (SSSR count). The highest BCUT2D eigenvalue weighted by molar-refractivity contribution is 5.22. The maximum atomic E-state index is 4.96. The molecule has 0 saturated heterocycles. The van der Waals surface area contributed by atoms with Gasteiger partial charge >= 0.3 is 0 Å². The third-order valence-electron chi connectivity index (χ3n) is 1.34. The summed E-state index contributed by atoms with van der Waals surface area (Å²) in [5, 5.41) is 7.48. The molecule has 3 nitrogen and oxygen atoms in total. The number of aryl methyl sites for hydroxylation is 1. The topological polar surface area (TPSA) is 35.0 Å². The molecule has 0 aliphatic heterocycles. The Morgan fingerprint density at radius 2 is 2.40 bits per heavy atom. The van der Waals surface area contributed by atoms with Gasteiger partial charge in [0.25, 0.3) is 0 Å². The monoisotopic (exact) mass is 138 g/mol. The van der Waals surface area contributed by atoms with Crippen LogP contribution in [0, 0.1) is 0 Å². The highest BCUT2D eigenvalue weighted by Crippen LogP contribution is 2.11. The summed E-state index contributed by atoms with van der Waals surface area (Å²) in [7, 11) is 1.60. The summed E-state index contributed by atoms with van der Waals surface area (Å²) in [4.78, 5) is 0. The molecule has 0 atom stereocenters. The van der Waals surface area contributed by atoms with Crippen LogP contribution >= 0.6 is 0 Å². The molecule has 1 heterocycles. The number of aromatic nitrogens is 2. The van der Waals surface area contributed by atoms with Gasteiger partial charge in [-0.15, -0.1) is 5.10 Å². The largest absolute Gasteiger partial charge is 0.480 e. The lowest BCUT2D eigenvalue weighted by Gasteiger charge is -2.00. The molecule has 0 aromatic carbocycles. The van der Waals surface area contributed by atoms with Crippen LogP contribution in [0.3, 0.4) is 0 Å². The Morgan fingerprint density at radius 3 is 2.90 bits per heavy atom. The fourth-order valence-corrected chi connectivity index (χ4v) is 0.786. The summed E-state index contributed by atoms with van der Waals surface area (Å²) in [6, 6.07) is 1.91. The second-order valence-corrected chi connectivity index (χ2v) is 1.92. The molecule has 0 unspecified atom stereocenters. The highest BCUT2D eigenvalue weighted by atomic mass is 16.5. The van der Waals surface area contributed by atoms with Crippen molar-refractivity contribution in [2.24, 2.45) is 0 Å². The van der Waals surface area contributed by atoms with Crippen molar-refractivity contribution in [2.75, 3.05) is 7.11 Å². The Morgan fingerprint density at radius 1 is 1.60 bits per heavy atom. The van der Waals surface area contributed by atoms with E-state index in [1.165, 1.54) is 0 Å². The second-order valence-electron chi connectivity index (χ2n) is 1.92. The van der Waals surface area contributed by atoms with Crippen LogP contribution in [0.15, 0.2) is 12.3 Å². The fourth-order valence-electron chi connectivity index (χ4n) is 0.786. The van der Waals surface area contributed by atoms with Gasteiger partial charge in [-0.3, -0.25) is 0 Å². The minimum Gasteiger partial charge on any atom is -0.480 e. The molecule has 0 saturated carbocycles. The van der Waals surface area contributed by atoms with E-state index in [-0.39, 0.29) is 0 Å². The van der Waals surface area contributed by atoms with Gasteiger partial charge in [0.1, 0.15) is 0 Å². The van der Waals surface area contributed by atoms with E-state index in [1.54, 1.807) is 13.3 Å². The SMILES string of the molecule is CCc1ccnnc1OC. The van der Waals surface area contributed by atoms with Crippen LogP contribution in [0.4, 0.5) is 0 Å². The minimum atomic E-state index is 0.630. The molecule has 0 radical (unpaired) electrons. The van der Waals surface area contributed by atoms with E-state index in [0.29, 0.717) is 5.88 Å². The van der Waals surface area contributed by atoms with Crippen LogP contribution in [-0.2, 0) is 6.42 Å². The minimum absolute atomic E-state index is 0.630. The highest BCUT2D eigenvalue weighted by Gasteiger charge is 1.98. The molecular weight excluding hydrogens is 128 g/mol. The summed E-state index contributed by atoms with van der Waals surface area (Å²) in [6.07, 6.45) is 2.60. The number of hydrogen-bond acceptors (Lipinski definition) is 3. The molecule has 0 amide bonds. The molecule has 0 aliphatic carbocycles. The molecule has 0 aliphatic rings. The second kappa shape index (κ2) is 3.15. The number of hydrogen-bond donors (Lipinski definition) is 0. The van der Waals surface area contributed by atoms with Gasteiger partial charge in [0.15, 0.2) is 0 Å². The maximum absolute atomic E-state index is 4.96. The zero-order chi connectivity index (χ0) is 7.40. The summed E-state index contributed by atoms with van der Waals surface area (Å²) in [5.74, 6) is 0.630. The van der Waals surface area contributed by atoms with Gasteiger partial charge in [0.05, 0.1) is 13.3 Å². The predicted molar refractivity (Wildman–Crippen MR) is 38.0 cm³/mol. The van der Waals surface area contributed by atoms with Gasteiger partial charge in [-0.05, 0) is 12.5 Å². The van der Waals surface area contributed by atoms with Crippen molar-refractivity contribution in [1.29, 1.82) is 0 Å². The number of ether oxygens (including phenoxy) is 1. The zero-order valence-corrected chi connectivity index (χ0v) is 6.16. The van der Waals surface area contributed by atoms with Gasteiger partial charge in [-0.1, -0.05) is 6.92 Å². The molecule has 0 bridgehead atoms. The van der Waals surface area contributed by atoms with Gasteiger partial charge in [0.2, 0.25) is 5.88 Å². The molecule has 1 aromatic heterocycles. The summed E-state index contributed by atoms with van der Waals surface area (Å²) in [5.41, 5.74) is 1.09. The van der Waals surface area contributed by atoms with Crippen LogP contribution in [0.5, 0.6) is 5.88 Å². The maximum Gasteiger partial charge on any atom is 0.236 e. The molecule has 3 heteroatoms. The molecule has 10 heavy (non-hydrogen) atoms. The van der Waals surface area contributed by atoms with E-state index in [4.69, 9.17) is 4.74 Å². The molecule has 0 fully saturated rings. The van der Waals surface area contributed by atoms with E-state index < -0.39 is 0 Å². The lowest BCUT2D eigenvalue weighted by Crippen LogP contribution is -1.94. The number of methoxy groups -OCH3 is 1. The first-order valence-electron chi connectivity index (χ1n) is 3.23. The lowest BCUT2D eigenvalue weighted by atomic mass is 10.2. The van der Waals surface area contributed by atoms with Crippen LogP contribution < -0.4 is 4.74 Å². The van der Waals surface area contributed by atoms with Crippen LogP contribution in [-0.4, -0.2) is 17.3 Å². The van der Waals surface area contributed by atoms with Crippen LogP contribution in [0.1, 0.15) is 12.5 Å².